The summed E-state index contributed by atoms with van der Waals surface area (Å²) in [6.07, 6.45) is 5.91. The summed E-state index contributed by atoms with van der Waals surface area (Å²) in [5.41, 5.74) is 1.22. The van der Waals surface area contributed by atoms with Crippen molar-refractivity contribution in [3.05, 3.63) is 42.9 Å². The van der Waals surface area contributed by atoms with Gasteiger partial charge in [0.15, 0.2) is 7.85 Å². The minimum atomic E-state index is 1.22. The molecule has 2 aromatic rings. The van der Waals surface area contributed by atoms with E-state index in [0.717, 1.165) is 0 Å². The minimum absolute atomic E-state index is 1.22. The van der Waals surface area contributed by atoms with Crippen molar-refractivity contribution in [1.82, 2.24) is 9.46 Å². The SMILES string of the molecule is Bc1ccc[nH]1.Bn1cccc1. The lowest BCUT2D eigenvalue weighted by Gasteiger charge is -1.78. The Morgan fingerprint density at radius 1 is 1.17 bits per heavy atom. The fraction of sp³-hybridized carbons (Fsp3) is 0. The average Bonchev–Trinajstić information content (AvgIpc) is 2.63. The molecule has 0 aliphatic carbocycles. The third-order valence-electron chi connectivity index (χ3n) is 1.51. The minimum Gasteiger partial charge on any atom is -0.405 e. The molecule has 0 bridgehead atoms. The zero-order chi connectivity index (χ0) is 8.81. The van der Waals surface area contributed by atoms with Crippen molar-refractivity contribution >= 4 is 21.4 Å². The van der Waals surface area contributed by atoms with Crippen LogP contribution in [0.5, 0.6) is 0 Å². The van der Waals surface area contributed by atoms with Gasteiger partial charge in [0.1, 0.15) is 0 Å². The number of aromatic nitrogens is 2. The van der Waals surface area contributed by atoms with Crippen molar-refractivity contribution in [2.45, 2.75) is 0 Å². The van der Waals surface area contributed by atoms with E-state index in [0.29, 0.717) is 0 Å². The predicted octanol–water partition coefficient (Wildman–Crippen LogP) is -0.843. The topological polar surface area (TPSA) is 20.7 Å². The molecule has 0 aliphatic heterocycles. The number of aromatic amines is 1. The summed E-state index contributed by atoms with van der Waals surface area (Å²) < 4.78 is 2.00. The van der Waals surface area contributed by atoms with Crippen LogP contribution < -0.4 is 5.59 Å². The lowest BCUT2D eigenvalue weighted by Crippen LogP contribution is -1.98. The molecule has 0 radical (unpaired) electrons. The molecule has 0 amide bonds. The molecule has 2 aromatic heterocycles. The van der Waals surface area contributed by atoms with E-state index in [2.05, 4.69) is 4.98 Å². The molecule has 0 fully saturated rings. The van der Waals surface area contributed by atoms with Crippen molar-refractivity contribution in [2.24, 2.45) is 0 Å². The first-order valence-electron chi connectivity index (χ1n) is 3.96. The first-order valence-corrected chi connectivity index (χ1v) is 3.96. The van der Waals surface area contributed by atoms with E-state index in [1.165, 1.54) is 5.59 Å². The lowest BCUT2D eigenvalue weighted by molar-refractivity contribution is 1.26. The molecule has 2 rings (SSSR count). The Kier molecular flexibility index (Phi) is 3.33. The Bertz CT molecular complexity index is 254. The number of nitrogens with one attached hydrogen (secondary N) is 1. The lowest BCUT2D eigenvalue weighted by atomic mass is 10.1. The summed E-state index contributed by atoms with van der Waals surface area (Å²) in [6.45, 7) is 0. The second-order valence-corrected chi connectivity index (χ2v) is 2.70. The molecule has 12 heavy (non-hydrogen) atoms. The highest BCUT2D eigenvalue weighted by Crippen LogP contribution is 1.79. The summed E-state index contributed by atoms with van der Waals surface area (Å²) in [4.78, 5) is 3.00. The van der Waals surface area contributed by atoms with E-state index < -0.39 is 0 Å². The van der Waals surface area contributed by atoms with Crippen LogP contribution in [0.3, 0.4) is 0 Å². The highest BCUT2D eigenvalue weighted by Gasteiger charge is 1.72. The summed E-state index contributed by atoms with van der Waals surface area (Å²) in [6, 6.07) is 8.01. The maximum absolute atomic E-state index is 3.00. The van der Waals surface area contributed by atoms with E-state index in [1.807, 2.05) is 63.2 Å². The van der Waals surface area contributed by atoms with Gasteiger partial charge < -0.3 is 9.46 Å². The van der Waals surface area contributed by atoms with Crippen LogP contribution in [-0.4, -0.2) is 25.3 Å². The molecule has 2 nitrogen and oxygen atoms in total. The molecule has 0 spiro atoms. The van der Waals surface area contributed by atoms with Gasteiger partial charge in [0.25, 0.3) is 0 Å². The van der Waals surface area contributed by atoms with Gasteiger partial charge in [-0.15, -0.1) is 0 Å². The zero-order valence-electron chi connectivity index (χ0n) is 7.49. The van der Waals surface area contributed by atoms with Gasteiger partial charge in [-0.3, -0.25) is 0 Å². The summed E-state index contributed by atoms with van der Waals surface area (Å²) in [5, 5.41) is 0. The van der Waals surface area contributed by atoms with E-state index >= 15 is 0 Å². The quantitative estimate of drug-likeness (QED) is 0.482. The first-order chi connectivity index (χ1) is 5.79. The Morgan fingerprint density at radius 2 is 1.83 bits per heavy atom. The Hall–Kier alpha value is -1.31. The molecule has 0 atom stereocenters. The normalized spacial score (nSPS) is 8.67. The zero-order valence-corrected chi connectivity index (χ0v) is 7.49. The van der Waals surface area contributed by atoms with Crippen LogP contribution in [-0.2, 0) is 0 Å². The summed E-state index contributed by atoms with van der Waals surface area (Å²) in [5.74, 6) is 0. The van der Waals surface area contributed by atoms with E-state index in [-0.39, 0.29) is 0 Å². The number of H-pyrrole nitrogens is 1. The van der Waals surface area contributed by atoms with Gasteiger partial charge in [0, 0.05) is 0 Å². The third-order valence-corrected chi connectivity index (χ3v) is 1.51. The second kappa shape index (κ2) is 4.54. The van der Waals surface area contributed by atoms with Crippen LogP contribution in [0, 0.1) is 0 Å². The van der Waals surface area contributed by atoms with Crippen LogP contribution in [0.4, 0.5) is 0 Å². The molecule has 60 valence electrons. The van der Waals surface area contributed by atoms with Gasteiger partial charge in [0.05, 0.1) is 0 Å². The van der Waals surface area contributed by atoms with Crippen LogP contribution in [0.15, 0.2) is 42.9 Å². The van der Waals surface area contributed by atoms with Crippen molar-refractivity contribution < 1.29 is 0 Å². The molecule has 2 heterocycles. The van der Waals surface area contributed by atoms with Crippen molar-refractivity contribution in [1.29, 1.82) is 0 Å². The van der Waals surface area contributed by atoms with Crippen LogP contribution in [0.2, 0.25) is 0 Å². The third kappa shape index (κ3) is 3.19. The van der Waals surface area contributed by atoms with E-state index in [4.69, 9.17) is 0 Å². The Labute approximate surface area is 74.4 Å². The number of hydrogen-bond donors (Lipinski definition) is 1. The average molecular weight is 158 g/mol. The van der Waals surface area contributed by atoms with Gasteiger partial charge in [-0.1, -0.05) is 6.07 Å². The van der Waals surface area contributed by atoms with E-state index in [1.54, 1.807) is 0 Å². The highest BCUT2D eigenvalue weighted by molar-refractivity contribution is 6.30. The van der Waals surface area contributed by atoms with Crippen LogP contribution >= 0.6 is 0 Å². The van der Waals surface area contributed by atoms with Gasteiger partial charge in [-0.25, -0.2) is 0 Å². The van der Waals surface area contributed by atoms with Crippen molar-refractivity contribution in [2.75, 3.05) is 0 Å². The molecule has 0 saturated heterocycles. The fourth-order valence-corrected chi connectivity index (χ4v) is 0.841. The molecule has 0 aromatic carbocycles. The molecule has 1 N–H and O–H groups in total. The maximum atomic E-state index is 3.00. The molecular weight excluding hydrogens is 146 g/mol. The van der Waals surface area contributed by atoms with E-state index in [9.17, 15) is 0 Å². The predicted molar refractivity (Wildman–Crippen MR) is 57.3 cm³/mol. The summed E-state index contributed by atoms with van der Waals surface area (Å²) in [7, 11) is 4.03. The molecular formula is C8H12B2N2. The number of nitrogens with zero attached hydrogens (tertiary/aromatic N) is 1. The largest absolute Gasteiger partial charge is 0.405 e. The first kappa shape index (κ1) is 8.78. The van der Waals surface area contributed by atoms with Gasteiger partial charge in [0.2, 0.25) is 7.98 Å². The molecule has 0 unspecified atom stereocenters. The van der Waals surface area contributed by atoms with Gasteiger partial charge in [-0.05, 0) is 42.4 Å². The second-order valence-electron chi connectivity index (χ2n) is 2.70. The van der Waals surface area contributed by atoms with Crippen LogP contribution in [0.25, 0.3) is 0 Å². The van der Waals surface area contributed by atoms with Gasteiger partial charge in [-0.2, -0.15) is 0 Å². The van der Waals surface area contributed by atoms with Crippen molar-refractivity contribution in [3.63, 3.8) is 0 Å². The van der Waals surface area contributed by atoms with Crippen LogP contribution in [0.1, 0.15) is 0 Å². The maximum Gasteiger partial charge on any atom is 0.222 e. The standard InChI is InChI=1S/2C4H6BN/c5-6-3-1-2-4-6;5-4-2-1-3-6-4/h1-4H,5H2;1-3,6H,5H2. The Morgan fingerprint density at radius 3 is 2.00 bits per heavy atom. The monoisotopic (exact) mass is 158 g/mol. The Balaban J connectivity index is 0.000000120. The highest BCUT2D eigenvalue weighted by atomic mass is 14.8. The summed E-state index contributed by atoms with van der Waals surface area (Å²) >= 11 is 0. The number of hydrogen-bond acceptors (Lipinski definition) is 0. The molecule has 0 saturated carbocycles. The smallest absolute Gasteiger partial charge is 0.222 e. The van der Waals surface area contributed by atoms with Gasteiger partial charge >= 0.3 is 0 Å². The molecule has 4 heteroatoms. The fourth-order valence-electron chi connectivity index (χ4n) is 0.841. The number of rotatable bonds is 0. The molecule has 0 aliphatic rings. The van der Waals surface area contributed by atoms with Crippen molar-refractivity contribution in [3.8, 4) is 0 Å².